The van der Waals surface area contributed by atoms with Crippen molar-refractivity contribution >= 4 is 23.2 Å². The fourth-order valence-electron chi connectivity index (χ4n) is 0.993. The largest absolute Gasteiger partial charge is 0.235 e. The lowest BCUT2D eigenvalue weighted by Crippen LogP contribution is -1.90. The van der Waals surface area contributed by atoms with Gasteiger partial charge in [-0.3, -0.25) is 0 Å². The van der Waals surface area contributed by atoms with Crippen molar-refractivity contribution in [2.24, 2.45) is 0 Å². The van der Waals surface area contributed by atoms with Crippen LogP contribution in [0.25, 0.3) is 11.5 Å². The zero-order valence-corrected chi connectivity index (χ0v) is 8.50. The van der Waals surface area contributed by atoms with E-state index >= 15 is 0 Å². The van der Waals surface area contributed by atoms with Crippen LogP contribution in [0, 0.1) is 0 Å². The fourth-order valence-corrected chi connectivity index (χ4v) is 1.29. The maximum absolute atomic E-state index is 5.73. The number of hydrogen-bond donors (Lipinski definition) is 0. The van der Waals surface area contributed by atoms with Crippen molar-refractivity contribution in [1.29, 1.82) is 0 Å². The van der Waals surface area contributed by atoms with Gasteiger partial charge in [0.25, 0.3) is 0 Å². The molecule has 0 amide bonds. The number of rotatable bonds is 1. The second-order valence-corrected chi connectivity index (χ2v) is 3.32. The number of hydrogen-bond acceptors (Lipinski definition) is 3. The van der Waals surface area contributed by atoms with Crippen LogP contribution in [0.2, 0.25) is 10.3 Å². The van der Waals surface area contributed by atoms with E-state index in [9.17, 15) is 0 Å². The molecule has 0 spiro atoms. The van der Waals surface area contributed by atoms with Crippen molar-refractivity contribution in [3.05, 3.63) is 40.8 Å². The van der Waals surface area contributed by atoms with Gasteiger partial charge in [-0.1, -0.05) is 29.3 Å². The molecule has 2 aromatic rings. The molecule has 5 heteroatoms. The van der Waals surface area contributed by atoms with Crippen molar-refractivity contribution < 1.29 is 0 Å². The Bertz CT molecular complexity index is 416. The highest BCUT2D eigenvalue weighted by atomic mass is 35.5. The Hall–Kier alpha value is -1.19. The van der Waals surface area contributed by atoms with Crippen LogP contribution in [-0.2, 0) is 0 Å². The van der Waals surface area contributed by atoms with Gasteiger partial charge >= 0.3 is 0 Å². The zero-order valence-electron chi connectivity index (χ0n) is 6.98. The minimum Gasteiger partial charge on any atom is -0.235 e. The van der Waals surface area contributed by atoms with E-state index in [1.807, 2.05) is 0 Å². The maximum Gasteiger partial charge on any atom is 0.179 e. The molecule has 0 saturated heterocycles. The SMILES string of the molecule is Clc1cccc(-c2nccc(Cl)n2)n1. The highest BCUT2D eigenvalue weighted by molar-refractivity contribution is 6.29. The molecule has 0 aliphatic heterocycles. The van der Waals surface area contributed by atoms with Crippen LogP contribution in [0.5, 0.6) is 0 Å². The summed E-state index contributed by atoms with van der Waals surface area (Å²) in [4.78, 5) is 12.1. The maximum atomic E-state index is 5.73. The summed E-state index contributed by atoms with van der Waals surface area (Å²) in [5.41, 5.74) is 0.611. The average Bonchev–Trinajstić information content (AvgIpc) is 2.18. The Labute approximate surface area is 90.8 Å². The molecule has 0 fully saturated rings. The summed E-state index contributed by atoms with van der Waals surface area (Å²) in [6.07, 6.45) is 1.58. The molecule has 0 unspecified atom stereocenters. The number of nitrogens with zero attached hydrogens (tertiary/aromatic N) is 3. The Morgan fingerprint density at radius 3 is 2.43 bits per heavy atom. The Balaban J connectivity index is 2.49. The summed E-state index contributed by atoms with van der Waals surface area (Å²) >= 11 is 11.5. The Morgan fingerprint density at radius 2 is 1.71 bits per heavy atom. The molecule has 3 nitrogen and oxygen atoms in total. The van der Waals surface area contributed by atoms with Gasteiger partial charge < -0.3 is 0 Å². The molecule has 14 heavy (non-hydrogen) atoms. The van der Waals surface area contributed by atoms with Crippen LogP contribution in [0.1, 0.15) is 0 Å². The predicted molar refractivity (Wildman–Crippen MR) is 55.3 cm³/mol. The Morgan fingerprint density at radius 1 is 0.929 bits per heavy atom. The first-order chi connectivity index (χ1) is 6.75. The van der Waals surface area contributed by atoms with Crippen LogP contribution < -0.4 is 0 Å². The number of aromatic nitrogens is 3. The molecule has 70 valence electrons. The zero-order chi connectivity index (χ0) is 9.97. The van der Waals surface area contributed by atoms with E-state index in [2.05, 4.69) is 15.0 Å². The fraction of sp³-hybridized carbons (Fsp3) is 0. The van der Waals surface area contributed by atoms with Gasteiger partial charge in [-0.2, -0.15) is 0 Å². The summed E-state index contributed by atoms with van der Waals surface area (Å²) < 4.78 is 0. The predicted octanol–water partition coefficient (Wildman–Crippen LogP) is 2.85. The highest BCUT2D eigenvalue weighted by Crippen LogP contribution is 2.15. The third-order valence-electron chi connectivity index (χ3n) is 1.57. The van der Waals surface area contributed by atoms with E-state index in [0.717, 1.165) is 0 Å². The van der Waals surface area contributed by atoms with Crippen molar-refractivity contribution in [3.63, 3.8) is 0 Å². The van der Waals surface area contributed by atoms with Crippen molar-refractivity contribution in [2.45, 2.75) is 0 Å². The summed E-state index contributed by atoms with van der Waals surface area (Å²) in [6, 6.07) is 6.86. The second kappa shape index (κ2) is 3.90. The monoisotopic (exact) mass is 225 g/mol. The Kier molecular flexibility index (Phi) is 2.61. The summed E-state index contributed by atoms with van der Waals surface area (Å²) in [6.45, 7) is 0. The van der Waals surface area contributed by atoms with Crippen LogP contribution >= 0.6 is 23.2 Å². The molecule has 0 aliphatic rings. The normalized spacial score (nSPS) is 10.1. The number of pyridine rings is 1. The smallest absolute Gasteiger partial charge is 0.179 e. The molecule has 0 saturated carbocycles. The van der Waals surface area contributed by atoms with Gasteiger partial charge in [0, 0.05) is 6.20 Å². The van der Waals surface area contributed by atoms with Gasteiger partial charge in [-0.05, 0) is 18.2 Å². The van der Waals surface area contributed by atoms with Crippen molar-refractivity contribution in [3.8, 4) is 11.5 Å². The lowest BCUT2D eigenvalue weighted by Gasteiger charge is -1.98. The quantitative estimate of drug-likeness (QED) is 0.554. The van der Waals surface area contributed by atoms with Gasteiger partial charge in [0.1, 0.15) is 16.0 Å². The lowest BCUT2D eigenvalue weighted by molar-refractivity contribution is 1.14. The molecule has 0 radical (unpaired) electrons. The third kappa shape index (κ3) is 2.00. The highest BCUT2D eigenvalue weighted by Gasteiger charge is 2.03. The van der Waals surface area contributed by atoms with Crippen LogP contribution in [-0.4, -0.2) is 15.0 Å². The minimum atomic E-state index is 0.386. The molecule has 2 rings (SSSR count). The van der Waals surface area contributed by atoms with Crippen molar-refractivity contribution in [1.82, 2.24) is 15.0 Å². The van der Waals surface area contributed by atoms with E-state index in [1.54, 1.807) is 30.5 Å². The van der Waals surface area contributed by atoms with Crippen LogP contribution in [0.3, 0.4) is 0 Å². The van der Waals surface area contributed by atoms with E-state index in [0.29, 0.717) is 21.8 Å². The molecule has 0 atom stereocenters. The molecule has 2 aromatic heterocycles. The van der Waals surface area contributed by atoms with E-state index in [4.69, 9.17) is 23.2 Å². The summed E-state index contributed by atoms with van der Waals surface area (Å²) in [5, 5.41) is 0.794. The van der Waals surface area contributed by atoms with Gasteiger partial charge in [0.2, 0.25) is 0 Å². The standard InChI is InChI=1S/C9H5Cl2N3/c10-7-3-1-2-6(13-7)9-12-5-4-8(11)14-9/h1-5H. The molecule has 0 N–H and O–H groups in total. The first-order valence-corrected chi connectivity index (χ1v) is 4.63. The second-order valence-electron chi connectivity index (χ2n) is 2.55. The molecule has 0 aliphatic carbocycles. The molecule has 0 bridgehead atoms. The summed E-state index contributed by atoms with van der Waals surface area (Å²) in [7, 11) is 0. The van der Waals surface area contributed by atoms with E-state index < -0.39 is 0 Å². The van der Waals surface area contributed by atoms with Gasteiger partial charge in [0.15, 0.2) is 5.82 Å². The molecule has 2 heterocycles. The van der Waals surface area contributed by atoms with Gasteiger partial charge in [-0.25, -0.2) is 15.0 Å². The molecular formula is C9H5Cl2N3. The minimum absolute atomic E-state index is 0.386. The van der Waals surface area contributed by atoms with Crippen LogP contribution in [0.4, 0.5) is 0 Å². The van der Waals surface area contributed by atoms with Crippen molar-refractivity contribution in [2.75, 3.05) is 0 Å². The topological polar surface area (TPSA) is 38.7 Å². The average molecular weight is 226 g/mol. The number of halogens is 2. The first-order valence-electron chi connectivity index (χ1n) is 3.87. The summed E-state index contributed by atoms with van der Waals surface area (Å²) in [5.74, 6) is 0.472. The molecular weight excluding hydrogens is 221 g/mol. The van der Waals surface area contributed by atoms with Gasteiger partial charge in [0.05, 0.1) is 0 Å². The lowest BCUT2D eigenvalue weighted by atomic mass is 10.3. The third-order valence-corrected chi connectivity index (χ3v) is 1.99. The molecule has 0 aromatic carbocycles. The van der Waals surface area contributed by atoms with Crippen LogP contribution in [0.15, 0.2) is 30.5 Å². The van der Waals surface area contributed by atoms with E-state index in [-0.39, 0.29) is 0 Å². The van der Waals surface area contributed by atoms with E-state index in [1.165, 1.54) is 0 Å². The first kappa shape index (κ1) is 9.37. The van der Waals surface area contributed by atoms with Gasteiger partial charge in [-0.15, -0.1) is 0 Å².